The fraction of sp³-hybridized carbons (Fsp3) is 0.200. The predicted octanol–water partition coefficient (Wildman–Crippen LogP) is 0.524. The number of nitrogens with one attached hydrogen (secondary N) is 1. The Kier molecular flexibility index (Phi) is 1.57. The van der Waals surface area contributed by atoms with Crippen molar-refractivity contribution in [3.8, 4) is 0 Å². The molecule has 1 aliphatic rings. The van der Waals surface area contributed by atoms with Crippen molar-refractivity contribution in [1.29, 1.82) is 0 Å². The van der Waals surface area contributed by atoms with E-state index in [1.54, 1.807) is 0 Å². The third kappa shape index (κ3) is 1.13. The maximum atomic E-state index is 10.6. The average molecular weight is 143 g/mol. The first-order chi connectivity index (χ1) is 4.24. The minimum atomic E-state index is -0.377. The summed E-state index contributed by atoms with van der Waals surface area (Å²) >= 11 is 0.956. The van der Waals surface area contributed by atoms with E-state index in [2.05, 4.69) is 11.9 Å². The van der Waals surface area contributed by atoms with Gasteiger partial charge in [-0.15, -0.1) is 6.58 Å². The number of carbonyl (C=O) groups excluding carboxylic acids is 2. The molecule has 1 saturated heterocycles. The van der Waals surface area contributed by atoms with Crippen LogP contribution in [0.3, 0.4) is 0 Å². The molecular formula is C5H5NO2S. The highest BCUT2D eigenvalue weighted by Gasteiger charge is 2.28. The van der Waals surface area contributed by atoms with Gasteiger partial charge in [-0.2, -0.15) is 0 Å². The molecule has 3 nitrogen and oxygen atoms in total. The highest BCUT2D eigenvalue weighted by atomic mass is 32.2. The van der Waals surface area contributed by atoms with Gasteiger partial charge in [0.05, 0.1) is 0 Å². The molecule has 2 amide bonds. The lowest BCUT2D eigenvalue weighted by Gasteiger charge is -1.90. The van der Waals surface area contributed by atoms with Crippen molar-refractivity contribution in [2.75, 3.05) is 0 Å². The molecule has 0 bridgehead atoms. The fourth-order valence-electron chi connectivity index (χ4n) is 0.525. The number of carbonyl (C=O) groups is 2. The molecule has 9 heavy (non-hydrogen) atoms. The van der Waals surface area contributed by atoms with Crippen molar-refractivity contribution >= 4 is 22.9 Å². The van der Waals surface area contributed by atoms with E-state index in [1.165, 1.54) is 6.08 Å². The van der Waals surface area contributed by atoms with Gasteiger partial charge in [0.2, 0.25) is 5.91 Å². The largest absolute Gasteiger partial charge is 0.286 e. The molecule has 1 fully saturated rings. The highest BCUT2D eigenvalue weighted by Crippen LogP contribution is 2.18. The van der Waals surface area contributed by atoms with Gasteiger partial charge in [0, 0.05) is 0 Å². The summed E-state index contributed by atoms with van der Waals surface area (Å²) in [6, 6.07) is 0. The molecule has 1 atom stereocenters. The van der Waals surface area contributed by atoms with Gasteiger partial charge in [0.25, 0.3) is 5.24 Å². The van der Waals surface area contributed by atoms with Crippen molar-refractivity contribution < 1.29 is 9.59 Å². The number of amides is 2. The van der Waals surface area contributed by atoms with Gasteiger partial charge in [-0.05, 0) is 11.8 Å². The number of hydrogen-bond acceptors (Lipinski definition) is 3. The van der Waals surface area contributed by atoms with Crippen LogP contribution in [0.5, 0.6) is 0 Å². The smallest absolute Gasteiger partial charge is 0.286 e. The normalized spacial score (nSPS) is 26.0. The lowest BCUT2D eigenvalue weighted by atomic mass is 10.4. The maximum absolute atomic E-state index is 10.6. The zero-order valence-corrected chi connectivity index (χ0v) is 5.40. The van der Waals surface area contributed by atoms with E-state index in [4.69, 9.17) is 0 Å². The number of thioether (sulfide) groups is 1. The SMILES string of the molecule is C=CC1SC(=O)NC1=O. The Hall–Kier alpha value is -0.770. The van der Waals surface area contributed by atoms with E-state index in [-0.39, 0.29) is 16.4 Å². The summed E-state index contributed by atoms with van der Waals surface area (Å²) in [7, 11) is 0. The van der Waals surface area contributed by atoms with Crippen molar-refractivity contribution in [3.05, 3.63) is 12.7 Å². The Balaban J connectivity index is 2.68. The second kappa shape index (κ2) is 2.23. The van der Waals surface area contributed by atoms with E-state index in [1.807, 2.05) is 0 Å². The first-order valence-corrected chi connectivity index (χ1v) is 3.26. The molecule has 1 aliphatic heterocycles. The third-order valence-electron chi connectivity index (χ3n) is 0.932. The molecule has 1 N–H and O–H groups in total. The third-order valence-corrected chi connectivity index (χ3v) is 1.91. The topological polar surface area (TPSA) is 46.2 Å². The van der Waals surface area contributed by atoms with Gasteiger partial charge in [0.15, 0.2) is 0 Å². The quantitative estimate of drug-likeness (QED) is 0.544. The van der Waals surface area contributed by atoms with Crippen molar-refractivity contribution in [1.82, 2.24) is 5.32 Å². The van der Waals surface area contributed by atoms with Crippen molar-refractivity contribution in [2.45, 2.75) is 5.25 Å². The molecule has 0 aliphatic carbocycles. The molecule has 1 rings (SSSR count). The zero-order valence-electron chi connectivity index (χ0n) is 4.59. The van der Waals surface area contributed by atoms with Gasteiger partial charge in [-0.3, -0.25) is 14.9 Å². The molecule has 0 aromatic heterocycles. The average Bonchev–Trinajstić information content (AvgIpc) is 2.10. The summed E-state index contributed by atoms with van der Waals surface area (Å²) in [6.07, 6.45) is 1.45. The summed E-state index contributed by atoms with van der Waals surface area (Å²) in [4.78, 5) is 21.0. The monoisotopic (exact) mass is 143 g/mol. The number of hydrogen-bond donors (Lipinski definition) is 1. The van der Waals surface area contributed by atoms with E-state index in [0.29, 0.717) is 0 Å². The molecule has 0 aromatic carbocycles. The zero-order chi connectivity index (χ0) is 6.85. The van der Waals surface area contributed by atoms with Crippen LogP contribution in [0.2, 0.25) is 0 Å². The molecule has 0 saturated carbocycles. The molecule has 4 heteroatoms. The molecule has 1 unspecified atom stereocenters. The Bertz CT molecular complexity index is 178. The Labute approximate surface area is 56.5 Å². The van der Waals surface area contributed by atoms with E-state index >= 15 is 0 Å². The summed E-state index contributed by atoms with van der Waals surface area (Å²) in [5, 5.41) is 1.47. The fourth-order valence-corrected chi connectivity index (χ4v) is 1.18. The van der Waals surface area contributed by atoms with E-state index < -0.39 is 0 Å². The molecule has 0 aromatic rings. The van der Waals surface area contributed by atoms with Crippen molar-refractivity contribution in [3.63, 3.8) is 0 Å². The Morgan fingerprint density at radius 3 is 2.56 bits per heavy atom. The van der Waals surface area contributed by atoms with Gasteiger partial charge >= 0.3 is 0 Å². The van der Waals surface area contributed by atoms with Gasteiger partial charge in [0.1, 0.15) is 5.25 Å². The number of imide groups is 1. The van der Waals surface area contributed by atoms with Gasteiger partial charge in [-0.25, -0.2) is 0 Å². The Morgan fingerprint density at radius 1 is 1.67 bits per heavy atom. The van der Waals surface area contributed by atoms with Crippen LogP contribution in [-0.4, -0.2) is 16.4 Å². The van der Waals surface area contributed by atoms with Crippen LogP contribution in [0.15, 0.2) is 12.7 Å². The highest BCUT2D eigenvalue weighted by molar-refractivity contribution is 8.15. The molecular weight excluding hydrogens is 138 g/mol. The predicted molar refractivity (Wildman–Crippen MR) is 35.1 cm³/mol. The lowest BCUT2D eigenvalue weighted by Crippen LogP contribution is -2.22. The molecule has 1 heterocycles. The van der Waals surface area contributed by atoms with Crippen LogP contribution < -0.4 is 5.32 Å². The van der Waals surface area contributed by atoms with E-state index in [0.717, 1.165) is 11.8 Å². The van der Waals surface area contributed by atoms with Crippen LogP contribution in [0.25, 0.3) is 0 Å². The first-order valence-electron chi connectivity index (χ1n) is 2.38. The van der Waals surface area contributed by atoms with Crippen LogP contribution in [0.1, 0.15) is 0 Å². The summed E-state index contributed by atoms with van der Waals surface area (Å²) in [6.45, 7) is 3.39. The van der Waals surface area contributed by atoms with Crippen LogP contribution >= 0.6 is 11.8 Å². The maximum Gasteiger partial charge on any atom is 0.286 e. The lowest BCUT2D eigenvalue weighted by molar-refractivity contribution is -0.118. The van der Waals surface area contributed by atoms with Crippen LogP contribution in [-0.2, 0) is 4.79 Å². The molecule has 0 radical (unpaired) electrons. The summed E-state index contributed by atoms with van der Waals surface area (Å²) in [5.41, 5.74) is 0. The number of rotatable bonds is 1. The molecule has 0 spiro atoms. The van der Waals surface area contributed by atoms with Gasteiger partial charge in [-0.1, -0.05) is 6.08 Å². The second-order valence-corrected chi connectivity index (χ2v) is 2.67. The first kappa shape index (κ1) is 6.35. The van der Waals surface area contributed by atoms with Crippen LogP contribution in [0, 0.1) is 0 Å². The summed E-state index contributed by atoms with van der Waals surface area (Å²) < 4.78 is 0. The van der Waals surface area contributed by atoms with E-state index in [9.17, 15) is 9.59 Å². The van der Waals surface area contributed by atoms with Gasteiger partial charge < -0.3 is 0 Å². The minimum absolute atomic E-state index is 0.264. The standard InChI is InChI=1S/C5H5NO2S/c1-2-3-4(7)6-5(8)9-3/h2-3H,1H2,(H,6,7,8). The second-order valence-electron chi connectivity index (χ2n) is 1.55. The van der Waals surface area contributed by atoms with Crippen LogP contribution in [0.4, 0.5) is 4.79 Å². The van der Waals surface area contributed by atoms with Crippen molar-refractivity contribution in [2.24, 2.45) is 0 Å². The Morgan fingerprint density at radius 2 is 2.33 bits per heavy atom. The summed E-state index contributed by atoms with van der Waals surface area (Å²) in [5.74, 6) is -0.264. The minimum Gasteiger partial charge on any atom is -0.286 e. The molecule has 48 valence electrons.